The second-order valence-corrected chi connectivity index (χ2v) is 8.97. The van der Waals surface area contributed by atoms with E-state index in [1.165, 1.54) is 11.8 Å². The Hall–Kier alpha value is -3.49. The molecule has 1 amide bonds. The van der Waals surface area contributed by atoms with Gasteiger partial charge in [-0.3, -0.25) is 9.36 Å². The van der Waals surface area contributed by atoms with E-state index in [2.05, 4.69) is 15.5 Å². The van der Waals surface area contributed by atoms with Crippen molar-refractivity contribution >= 4 is 35.0 Å². The summed E-state index contributed by atoms with van der Waals surface area (Å²) in [6, 6.07) is 20.7. The number of nitrogens with zero attached hydrogens (tertiary/aromatic N) is 3. The van der Waals surface area contributed by atoms with Crippen LogP contribution in [0.2, 0.25) is 5.02 Å². The highest BCUT2D eigenvalue weighted by Gasteiger charge is 2.18. The van der Waals surface area contributed by atoms with Crippen LogP contribution in [0.15, 0.2) is 71.9 Å². The van der Waals surface area contributed by atoms with E-state index in [1.807, 2.05) is 73.0 Å². The number of benzene rings is 3. The number of aryl methyl sites for hydroxylation is 1. The summed E-state index contributed by atoms with van der Waals surface area (Å²) < 4.78 is 12.8. The van der Waals surface area contributed by atoms with E-state index < -0.39 is 0 Å². The van der Waals surface area contributed by atoms with Crippen LogP contribution in [-0.2, 0) is 4.79 Å². The number of anilines is 1. The van der Waals surface area contributed by atoms with Crippen LogP contribution in [0.5, 0.6) is 11.5 Å². The predicted octanol–water partition coefficient (Wildman–Crippen LogP) is 6.03. The second kappa shape index (κ2) is 11.3. The number of halogens is 1. The molecule has 4 rings (SSSR count). The molecule has 0 aliphatic heterocycles. The zero-order valence-corrected chi connectivity index (χ0v) is 21.2. The summed E-state index contributed by atoms with van der Waals surface area (Å²) in [7, 11) is 1.63. The maximum Gasteiger partial charge on any atom is 0.234 e. The fraction of sp³-hybridized carbons (Fsp3) is 0.192. The van der Waals surface area contributed by atoms with Crippen LogP contribution in [0.1, 0.15) is 12.5 Å². The number of rotatable bonds is 9. The van der Waals surface area contributed by atoms with Crippen LogP contribution in [0.4, 0.5) is 5.69 Å². The van der Waals surface area contributed by atoms with Gasteiger partial charge in [0.25, 0.3) is 0 Å². The molecule has 0 radical (unpaired) electrons. The van der Waals surface area contributed by atoms with Crippen molar-refractivity contribution < 1.29 is 14.3 Å². The molecule has 35 heavy (non-hydrogen) atoms. The van der Waals surface area contributed by atoms with E-state index in [1.54, 1.807) is 19.2 Å². The zero-order valence-electron chi connectivity index (χ0n) is 19.6. The fourth-order valence-corrected chi connectivity index (χ4v) is 4.35. The van der Waals surface area contributed by atoms with Crippen molar-refractivity contribution in [3.63, 3.8) is 0 Å². The lowest BCUT2D eigenvalue weighted by Crippen LogP contribution is -2.15. The number of ether oxygens (including phenoxy) is 2. The molecule has 0 saturated carbocycles. The number of nitrogens with one attached hydrogen (secondary N) is 1. The number of carbonyl (C=O) groups is 1. The van der Waals surface area contributed by atoms with E-state index in [0.29, 0.717) is 28.3 Å². The summed E-state index contributed by atoms with van der Waals surface area (Å²) in [6.07, 6.45) is 0. The van der Waals surface area contributed by atoms with Crippen LogP contribution >= 0.6 is 23.4 Å². The number of thioether (sulfide) groups is 1. The van der Waals surface area contributed by atoms with Crippen LogP contribution in [-0.4, -0.2) is 40.1 Å². The largest absolute Gasteiger partial charge is 0.497 e. The first-order valence-electron chi connectivity index (χ1n) is 11.0. The second-order valence-electron chi connectivity index (χ2n) is 7.59. The topological polar surface area (TPSA) is 78.3 Å². The lowest BCUT2D eigenvalue weighted by atomic mass is 10.2. The van der Waals surface area contributed by atoms with Gasteiger partial charge >= 0.3 is 0 Å². The van der Waals surface area contributed by atoms with Gasteiger partial charge in [-0.05, 0) is 80.1 Å². The SMILES string of the molecule is CCOc1ccc(-n2c(SCC(=O)Nc3cc(Cl)ccc3C)nnc2-c2ccc(OC)cc2)cc1. The van der Waals surface area contributed by atoms with Gasteiger partial charge in [-0.15, -0.1) is 10.2 Å². The van der Waals surface area contributed by atoms with Gasteiger partial charge in [-0.25, -0.2) is 0 Å². The van der Waals surface area contributed by atoms with Crippen molar-refractivity contribution in [3.05, 3.63) is 77.3 Å². The molecule has 0 aliphatic carbocycles. The highest BCUT2D eigenvalue weighted by molar-refractivity contribution is 7.99. The highest BCUT2D eigenvalue weighted by Crippen LogP contribution is 2.30. The molecule has 1 aromatic heterocycles. The molecular weight excluding hydrogens is 484 g/mol. The van der Waals surface area contributed by atoms with E-state index in [0.717, 1.165) is 28.3 Å². The molecule has 0 spiro atoms. The van der Waals surface area contributed by atoms with E-state index in [4.69, 9.17) is 21.1 Å². The lowest BCUT2D eigenvalue weighted by molar-refractivity contribution is -0.113. The minimum absolute atomic E-state index is 0.156. The molecule has 0 fully saturated rings. The smallest absolute Gasteiger partial charge is 0.234 e. The van der Waals surface area contributed by atoms with E-state index in [9.17, 15) is 4.79 Å². The van der Waals surface area contributed by atoms with Gasteiger partial charge < -0.3 is 14.8 Å². The molecule has 1 N–H and O–H groups in total. The molecule has 9 heteroatoms. The van der Waals surface area contributed by atoms with Crippen molar-refractivity contribution in [2.75, 3.05) is 24.8 Å². The van der Waals surface area contributed by atoms with Crippen molar-refractivity contribution in [2.24, 2.45) is 0 Å². The molecule has 1 heterocycles. The number of hydrogen-bond donors (Lipinski definition) is 1. The quantitative estimate of drug-likeness (QED) is 0.278. The van der Waals surface area contributed by atoms with Crippen molar-refractivity contribution in [3.8, 4) is 28.6 Å². The third-order valence-corrected chi connectivity index (χ3v) is 6.36. The maximum absolute atomic E-state index is 12.7. The Kier molecular flexibility index (Phi) is 7.94. The molecule has 7 nitrogen and oxygen atoms in total. The predicted molar refractivity (Wildman–Crippen MR) is 140 cm³/mol. The van der Waals surface area contributed by atoms with Gasteiger partial charge in [-0.1, -0.05) is 29.4 Å². The van der Waals surface area contributed by atoms with E-state index in [-0.39, 0.29) is 11.7 Å². The monoisotopic (exact) mass is 508 g/mol. The lowest BCUT2D eigenvalue weighted by Gasteiger charge is -2.12. The first kappa shape index (κ1) is 24.6. The zero-order chi connectivity index (χ0) is 24.8. The molecule has 0 saturated heterocycles. The fourth-order valence-electron chi connectivity index (χ4n) is 3.43. The van der Waals surface area contributed by atoms with Crippen molar-refractivity contribution in [2.45, 2.75) is 19.0 Å². The van der Waals surface area contributed by atoms with Crippen LogP contribution < -0.4 is 14.8 Å². The summed E-state index contributed by atoms with van der Waals surface area (Å²) in [5.41, 5.74) is 3.36. The Morgan fingerprint density at radius 2 is 1.74 bits per heavy atom. The average Bonchev–Trinajstić information content (AvgIpc) is 3.29. The molecule has 3 aromatic carbocycles. The summed E-state index contributed by atoms with van der Waals surface area (Å²) >= 11 is 7.38. The molecule has 0 unspecified atom stereocenters. The summed E-state index contributed by atoms with van der Waals surface area (Å²) in [6.45, 7) is 4.45. The summed E-state index contributed by atoms with van der Waals surface area (Å²) in [5, 5.41) is 12.9. The molecule has 0 bridgehead atoms. The highest BCUT2D eigenvalue weighted by atomic mass is 35.5. The first-order valence-corrected chi connectivity index (χ1v) is 12.4. The molecule has 4 aromatic rings. The Balaban J connectivity index is 1.61. The first-order chi connectivity index (χ1) is 17.0. The Labute approximate surface area is 213 Å². The Morgan fingerprint density at radius 3 is 2.43 bits per heavy atom. The van der Waals surface area contributed by atoms with Gasteiger partial charge in [-0.2, -0.15) is 0 Å². The van der Waals surface area contributed by atoms with Gasteiger partial charge in [0.1, 0.15) is 11.5 Å². The number of hydrogen-bond acceptors (Lipinski definition) is 6. The standard InChI is InChI=1S/C26H25ClN4O3S/c1-4-34-22-13-9-20(10-14-22)31-25(18-6-11-21(33-3)12-7-18)29-30-26(31)35-16-24(32)28-23-15-19(27)8-5-17(23)2/h5-15H,4,16H2,1-3H3,(H,28,32). The summed E-state index contributed by atoms with van der Waals surface area (Å²) in [4.78, 5) is 12.7. The minimum atomic E-state index is -0.160. The number of amides is 1. The molecular formula is C26H25ClN4O3S. The minimum Gasteiger partial charge on any atom is -0.497 e. The molecule has 0 aliphatic rings. The van der Waals surface area contributed by atoms with Crippen LogP contribution in [0, 0.1) is 6.92 Å². The van der Waals surface area contributed by atoms with Crippen LogP contribution in [0.3, 0.4) is 0 Å². The Morgan fingerprint density at radius 1 is 1.03 bits per heavy atom. The van der Waals surface area contributed by atoms with Gasteiger partial charge in [0.15, 0.2) is 11.0 Å². The summed E-state index contributed by atoms with van der Waals surface area (Å²) in [5.74, 6) is 2.19. The number of carbonyl (C=O) groups excluding carboxylic acids is 1. The third kappa shape index (κ3) is 5.96. The van der Waals surface area contributed by atoms with E-state index >= 15 is 0 Å². The number of methoxy groups -OCH3 is 1. The van der Waals surface area contributed by atoms with Gasteiger partial charge in [0.05, 0.1) is 19.5 Å². The molecule has 0 atom stereocenters. The van der Waals surface area contributed by atoms with Gasteiger partial charge in [0, 0.05) is 22.0 Å². The van der Waals surface area contributed by atoms with Crippen LogP contribution in [0.25, 0.3) is 17.1 Å². The maximum atomic E-state index is 12.7. The van der Waals surface area contributed by atoms with Gasteiger partial charge in [0.2, 0.25) is 5.91 Å². The normalized spacial score (nSPS) is 10.7. The van der Waals surface area contributed by atoms with Crippen molar-refractivity contribution in [1.29, 1.82) is 0 Å². The third-order valence-electron chi connectivity index (χ3n) is 5.19. The molecule has 180 valence electrons. The Bertz CT molecular complexity index is 1310. The van der Waals surface area contributed by atoms with Crippen molar-refractivity contribution in [1.82, 2.24) is 14.8 Å². The average molecular weight is 509 g/mol. The number of aromatic nitrogens is 3.